The van der Waals surface area contributed by atoms with Crippen molar-refractivity contribution in [3.05, 3.63) is 42.0 Å². The number of amides is 1. The van der Waals surface area contributed by atoms with E-state index < -0.39 is 12.4 Å². The monoisotopic (exact) mass is 245 g/mol. The number of benzene rings is 1. The molecular formula is C14H15NO3. The molecular weight excluding hydrogens is 230 g/mol. The molecule has 0 unspecified atom stereocenters. The molecule has 94 valence electrons. The molecule has 0 bridgehead atoms. The van der Waals surface area contributed by atoms with Crippen LogP contribution in [0.1, 0.15) is 18.4 Å². The van der Waals surface area contributed by atoms with Crippen molar-refractivity contribution in [1.82, 2.24) is 4.90 Å². The standard InChI is InChI=1S/C14H15NO3/c16-13(10-14(17)18)15-8-6-12(7-9-15)11-4-2-1-3-5-11/h1-6H,7-10H2,(H,17,18). The van der Waals surface area contributed by atoms with E-state index >= 15 is 0 Å². The van der Waals surface area contributed by atoms with Crippen molar-refractivity contribution in [2.45, 2.75) is 12.8 Å². The van der Waals surface area contributed by atoms with Gasteiger partial charge in [0.05, 0.1) is 0 Å². The highest BCUT2D eigenvalue weighted by Gasteiger charge is 2.19. The van der Waals surface area contributed by atoms with E-state index in [1.54, 1.807) is 4.90 Å². The Hall–Kier alpha value is -2.10. The molecule has 1 aromatic carbocycles. The van der Waals surface area contributed by atoms with Crippen LogP contribution in [0.3, 0.4) is 0 Å². The smallest absolute Gasteiger partial charge is 0.312 e. The molecule has 0 spiro atoms. The number of carbonyl (C=O) groups excluding carboxylic acids is 1. The van der Waals surface area contributed by atoms with Crippen molar-refractivity contribution in [2.24, 2.45) is 0 Å². The number of hydrogen-bond acceptors (Lipinski definition) is 2. The maximum Gasteiger partial charge on any atom is 0.312 e. The molecule has 4 heteroatoms. The van der Waals surface area contributed by atoms with Gasteiger partial charge in [0.25, 0.3) is 0 Å². The molecule has 4 nitrogen and oxygen atoms in total. The number of carboxylic acid groups (broad SMARTS) is 1. The predicted octanol–water partition coefficient (Wildman–Crippen LogP) is 1.78. The number of hydrogen-bond donors (Lipinski definition) is 1. The van der Waals surface area contributed by atoms with Crippen LogP contribution in [0.5, 0.6) is 0 Å². The lowest BCUT2D eigenvalue weighted by Crippen LogP contribution is -2.35. The van der Waals surface area contributed by atoms with Crippen LogP contribution in [0, 0.1) is 0 Å². The first kappa shape index (κ1) is 12.4. The minimum absolute atomic E-state index is 0.314. The molecule has 1 N–H and O–H groups in total. The molecule has 1 aromatic rings. The van der Waals surface area contributed by atoms with Crippen molar-refractivity contribution in [3.8, 4) is 0 Å². The average Bonchev–Trinajstić information content (AvgIpc) is 2.39. The van der Waals surface area contributed by atoms with Crippen molar-refractivity contribution < 1.29 is 14.7 Å². The number of aliphatic carboxylic acids is 1. The van der Waals surface area contributed by atoms with Gasteiger partial charge < -0.3 is 10.0 Å². The second-order valence-electron chi connectivity index (χ2n) is 4.26. The SMILES string of the molecule is O=C(O)CC(=O)N1CC=C(c2ccccc2)CC1. The van der Waals surface area contributed by atoms with E-state index in [4.69, 9.17) is 5.11 Å². The quantitative estimate of drug-likeness (QED) is 0.826. The largest absolute Gasteiger partial charge is 0.481 e. The molecule has 1 aliphatic rings. The first-order valence-electron chi connectivity index (χ1n) is 5.91. The lowest BCUT2D eigenvalue weighted by Gasteiger charge is -2.26. The van der Waals surface area contributed by atoms with E-state index in [0.29, 0.717) is 13.1 Å². The van der Waals surface area contributed by atoms with Gasteiger partial charge in [0.2, 0.25) is 5.91 Å². The minimum atomic E-state index is -1.07. The van der Waals surface area contributed by atoms with Crippen molar-refractivity contribution in [3.63, 3.8) is 0 Å². The molecule has 1 heterocycles. The second-order valence-corrected chi connectivity index (χ2v) is 4.26. The Bertz CT molecular complexity index is 479. The summed E-state index contributed by atoms with van der Waals surface area (Å²) in [4.78, 5) is 23.6. The first-order chi connectivity index (χ1) is 8.66. The van der Waals surface area contributed by atoms with Crippen LogP contribution in [-0.4, -0.2) is 35.0 Å². The Labute approximate surface area is 106 Å². The van der Waals surface area contributed by atoms with Crippen LogP contribution in [0.25, 0.3) is 5.57 Å². The van der Waals surface area contributed by atoms with Gasteiger partial charge in [-0.2, -0.15) is 0 Å². The van der Waals surface area contributed by atoms with E-state index in [9.17, 15) is 9.59 Å². The third-order valence-electron chi connectivity index (χ3n) is 3.01. The lowest BCUT2D eigenvalue weighted by molar-refractivity contribution is -0.144. The highest BCUT2D eigenvalue weighted by atomic mass is 16.4. The Morgan fingerprint density at radius 1 is 1.22 bits per heavy atom. The summed E-state index contributed by atoms with van der Waals surface area (Å²) in [6, 6.07) is 10.0. The lowest BCUT2D eigenvalue weighted by atomic mass is 9.99. The molecule has 18 heavy (non-hydrogen) atoms. The predicted molar refractivity (Wildman–Crippen MR) is 67.9 cm³/mol. The summed E-state index contributed by atoms with van der Waals surface area (Å²) in [6.45, 7) is 1.09. The fraction of sp³-hybridized carbons (Fsp3) is 0.286. The van der Waals surface area contributed by atoms with Crippen molar-refractivity contribution in [2.75, 3.05) is 13.1 Å². The molecule has 0 aromatic heterocycles. The Kier molecular flexibility index (Phi) is 3.77. The van der Waals surface area contributed by atoms with Crippen LogP contribution in [0.15, 0.2) is 36.4 Å². The summed E-state index contributed by atoms with van der Waals surface area (Å²) >= 11 is 0. The topological polar surface area (TPSA) is 57.6 Å². The van der Waals surface area contributed by atoms with Gasteiger partial charge in [0.1, 0.15) is 6.42 Å². The van der Waals surface area contributed by atoms with Crippen LogP contribution >= 0.6 is 0 Å². The van der Waals surface area contributed by atoms with Crippen LogP contribution in [-0.2, 0) is 9.59 Å². The second kappa shape index (κ2) is 5.49. The molecule has 0 radical (unpaired) electrons. The van der Waals surface area contributed by atoms with Crippen LogP contribution in [0.4, 0.5) is 0 Å². The van der Waals surface area contributed by atoms with Gasteiger partial charge >= 0.3 is 5.97 Å². The van der Waals surface area contributed by atoms with Crippen LogP contribution in [0.2, 0.25) is 0 Å². The fourth-order valence-corrected chi connectivity index (χ4v) is 2.05. The van der Waals surface area contributed by atoms with E-state index in [2.05, 4.69) is 0 Å². The Balaban J connectivity index is 2.00. The van der Waals surface area contributed by atoms with Gasteiger partial charge in [-0.1, -0.05) is 36.4 Å². The number of carboxylic acids is 1. The number of rotatable bonds is 3. The highest BCUT2D eigenvalue weighted by Crippen LogP contribution is 2.22. The van der Waals surface area contributed by atoms with Gasteiger partial charge in [0, 0.05) is 13.1 Å². The highest BCUT2D eigenvalue weighted by molar-refractivity contribution is 5.93. The summed E-state index contributed by atoms with van der Waals surface area (Å²) in [5.74, 6) is -1.39. The van der Waals surface area contributed by atoms with E-state index in [1.807, 2.05) is 36.4 Å². The summed E-state index contributed by atoms with van der Waals surface area (Å²) in [5, 5.41) is 8.58. The Morgan fingerprint density at radius 3 is 2.50 bits per heavy atom. The zero-order chi connectivity index (χ0) is 13.0. The van der Waals surface area contributed by atoms with Gasteiger partial charge in [0.15, 0.2) is 0 Å². The van der Waals surface area contributed by atoms with Crippen molar-refractivity contribution in [1.29, 1.82) is 0 Å². The summed E-state index contributed by atoms with van der Waals surface area (Å²) in [7, 11) is 0. The molecule has 1 amide bonds. The molecule has 2 rings (SSSR count). The van der Waals surface area contributed by atoms with Gasteiger partial charge in [-0.3, -0.25) is 9.59 Å². The molecule has 0 atom stereocenters. The zero-order valence-corrected chi connectivity index (χ0v) is 10.0. The maximum atomic E-state index is 11.6. The van der Waals surface area contributed by atoms with Gasteiger partial charge in [-0.25, -0.2) is 0 Å². The van der Waals surface area contributed by atoms with Crippen LogP contribution < -0.4 is 0 Å². The zero-order valence-electron chi connectivity index (χ0n) is 10.0. The summed E-state index contributed by atoms with van der Waals surface area (Å²) in [6.07, 6.45) is 2.35. The molecule has 0 saturated carbocycles. The third-order valence-corrected chi connectivity index (χ3v) is 3.01. The molecule has 0 aliphatic carbocycles. The molecule has 1 aliphatic heterocycles. The van der Waals surface area contributed by atoms with Gasteiger partial charge in [-0.05, 0) is 17.6 Å². The van der Waals surface area contributed by atoms with E-state index in [0.717, 1.165) is 6.42 Å². The number of carbonyl (C=O) groups is 2. The van der Waals surface area contributed by atoms with Crippen molar-refractivity contribution >= 4 is 17.4 Å². The third kappa shape index (κ3) is 2.97. The maximum absolute atomic E-state index is 11.6. The average molecular weight is 245 g/mol. The summed E-state index contributed by atoms with van der Waals surface area (Å²) in [5.41, 5.74) is 2.39. The van der Waals surface area contributed by atoms with Gasteiger partial charge in [-0.15, -0.1) is 0 Å². The fourth-order valence-electron chi connectivity index (χ4n) is 2.05. The molecule has 0 saturated heterocycles. The molecule has 0 fully saturated rings. The summed E-state index contributed by atoms with van der Waals surface area (Å²) < 4.78 is 0. The minimum Gasteiger partial charge on any atom is -0.481 e. The first-order valence-corrected chi connectivity index (χ1v) is 5.91. The van der Waals surface area contributed by atoms with E-state index in [-0.39, 0.29) is 5.91 Å². The Morgan fingerprint density at radius 2 is 1.94 bits per heavy atom. The number of nitrogens with zero attached hydrogens (tertiary/aromatic N) is 1. The normalized spacial score (nSPS) is 15.1. The van der Waals surface area contributed by atoms with E-state index in [1.165, 1.54) is 11.1 Å².